The van der Waals surface area contributed by atoms with E-state index in [-0.39, 0.29) is 6.42 Å². The van der Waals surface area contributed by atoms with Crippen molar-refractivity contribution in [3.8, 4) is 5.75 Å². The van der Waals surface area contributed by atoms with Gasteiger partial charge in [-0.3, -0.25) is 4.79 Å². The number of benzene rings is 2. The second-order valence-corrected chi connectivity index (χ2v) is 6.38. The molecule has 146 valence electrons. The van der Waals surface area contributed by atoms with Crippen LogP contribution >= 0.6 is 0 Å². The summed E-state index contributed by atoms with van der Waals surface area (Å²) in [7, 11) is 0. The standard InChI is InChI=1S/C22H29NO4/c24-22(25)12-14-23-13-5-10-19-9-4-11-21(17-19)27-16-6-15-26-18-20-7-2-1-3-8-20/h1-4,7-9,11,17,23H,5-6,10,12-16,18H2,(H,24,25). The van der Waals surface area contributed by atoms with Gasteiger partial charge in [0.2, 0.25) is 0 Å². The Bertz CT molecular complexity index is 660. The molecule has 2 rings (SSSR count). The average molecular weight is 371 g/mol. The monoisotopic (exact) mass is 371 g/mol. The summed E-state index contributed by atoms with van der Waals surface area (Å²) in [6.45, 7) is 3.28. The molecule has 0 fully saturated rings. The molecule has 0 aliphatic heterocycles. The number of ether oxygens (including phenoxy) is 2. The topological polar surface area (TPSA) is 67.8 Å². The molecule has 0 bridgehead atoms. The van der Waals surface area contributed by atoms with Crippen LogP contribution in [0.2, 0.25) is 0 Å². The molecule has 0 unspecified atom stereocenters. The number of hydrogen-bond acceptors (Lipinski definition) is 4. The van der Waals surface area contributed by atoms with Crippen LogP contribution < -0.4 is 10.1 Å². The van der Waals surface area contributed by atoms with Crippen LogP contribution in [0.15, 0.2) is 54.6 Å². The lowest BCUT2D eigenvalue weighted by atomic mass is 10.1. The summed E-state index contributed by atoms with van der Waals surface area (Å²) in [4.78, 5) is 10.4. The molecular weight excluding hydrogens is 342 g/mol. The third-order valence-corrected chi connectivity index (χ3v) is 4.05. The maximum Gasteiger partial charge on any atom is 0.304 e. The zero-order chi connectivity index (χ0) is 19.2. The highest BCUT2D eigenvalue weighted by Gasteiger charge is 1.99. The third kappa shape index (κ3) is 9.78. The second kappa shape index (κ2) is 12.9. The third-order valence-electron chi connectivity index (χ3n) is 4.05. The van der Waals surface area contributed by atoms with Crippen LogP contribution in [0.25, 0.3) is 0 Å². The van der Waals surface area contributed by atoms with Gasteiger partial charge in [-0.05, 0) is 42.6 Å². The van der Waals surface area contributed by atoms with Crippen LogP contribution in [-0.4, -0.2) is 37.4 Å². The van der Waals surface area contributed by atoms with Crippen molar-refractivity contribution in [2.24, 2.45) is 0 Å². The number of hydrogen-bond donors (Lipinski definition) is 2. The second-order valence-electron chi connectivity index (χ2n) is 6.38. The van der Waals surface area contributed by atoms with E-state index in [9.17, 15) is 4.79 Å². The van der Waals surface area contributed by atoms with E-state index in [4.69, 9.17) is 14.6 Å². The Hall–Kier alpha value is -2.37. The number of rotatable bonds is 14. The molecule has 5 heteroatoms. The summed E-state index contributed by atoms with van der Waals surface area (Å²) in [6.07, 6.45) is 2.93. The molecule has 0 saturated heterocycles. The van der Waals surface area contributed by atoms with E-state index in [0.717, 1.165) is 31.6 Å². The maximum atomic E-state index is 10.4. The zero-order valence-electron chi connectivity index (χ0n) is 15.7. The fourth-order valence-corrected chi connectivity index (χ4v) is 2.64. The van der Waals surface area contributed by atoms with Crippen molar-refractivity contribution >= 4 is 5.97 Å². The SMILES string of the molecule is O=C(O)CCNCCCc1cccc(OCCCOCc2ccccc2)c1. The molecule has 27 heavy (non-hydrogen) atoms. The van der Waals surface area contributed by atoms with E-state index >= 15 is 0 Å². The number of nitrogens with one attached hydrogen (secondary N) is 1. The highest BCUT2D eigenvalue weighted by Crippen LogP contribution is 2.15. The lowest BCUT2D eigenvalue weighted by Crippen LogP contribution is -2.19. The first-order valence-corrected chi connectivity index (χ1v) is 9.50. The number of carboxylic acids is 1. The van der Waals surface area contributed by atoms with Gasteiger partial charge in [0.1, 0.15) is 5.75 Å². The average Bonchev–Trinajstić information content (AvgIpc) is 2.68. The van der Waals surface area contributed by atoms with Gasteiger partial charge in [-0.2, -0.15) is 0 Å². The van der Waals surface area contributed by atoms with Gasteiger partial charge in [0.05, 0.1) is 26.2 Å². The van der Waals surface area contributed by atoms with Gasteiger partial charge in [-0.1, -0.05) is 42.5 Å². The Balaban J connectivity index is 1.55. The Morgan fingerprint density at radius 2 is 1.74 bits per heavy atom. The molecule has 0 saturated carbocycles. The summed E-state index contributed by atoms with van der Waals surface area (Å²) in [5.74, 6) is 0.118. The first-order chi connectivity index (χ1) is 13.2. The summed E-state index contributed by atoms with van der Waals surface area (Å²) >= 11 is 0. The predicted octanol–water partition coefficient (Wildman–Crippen LogP) is 3.67. The Morgan fingerprint density at radius 1 is 0.926 bits per heavy atom. The van der Waals surface area contributed by atoms with Crippen molar-refractivity contribution in [1.29, 1.82) is 0 Å². The lowest BCUT2D eigenvalue weighted by molar-refractivity contribution is -0.136. The number of aryl methyl sites for hydroxylation is 1. The van der Waals surface area contributed by atoms with Crippen LogP contribution in [0, 0.1) is 0 Å². The summed E-state index contributed by atoms with van der Waals surface area (Å²) < 4.78 is 11.5. The van der Waals surface area contributed by atoms with E-state index in [1.165, 1.54) is 11.1 Å². The van der Waals surface area contributed by atoms with Crippen molar-refractivity contribution in [3.05, 3.63) is 65.7 Å². The van der Waals surface area contributed by atoms with E-state index in [0.29, 0.717) is 26.4 Å². The predicted molar refractivity (Wildman–Crippen MR) is 106 cm³/mol. The van der Waals surface area contributed by atoms with Crippen molar-refractivity contribution in [2.45, 2.75) is 32.3 Å². The highest BCUT2D eigenvalue weighted by atomic mass is 16.5. The first-order valence-electron chi connectivity index (χ1n) is 9.50. The van der Waals surface area contributed by atoms with Crippen LogP contribution in [0.3, 0.4) is 0 Å². The van der Waals surface area contributed by atoms with E-state index in [1.807, 2.05) is 30.3 Å². The van der Waals surface area contributed by atoms with Crippen molar-refractivity contribution in [3.63, 3.8) is 0 Å². The van der Waals surface area contributed by atoms with Gasteiger partial charge in [-0.15, -0.1) is 0 Å². The maximum absolute atomic E-state index is 10.4. The van der Waals surface area contributed by atoms with Gasteiger partial charge in [0, 0.05) is 13.0 Å². The summed E-state index contributed by atoms with van der Waals surface area (Å²) in [5.41, 5.74) is 2.41. The number of aliphatic carboxylic acids is 1. The fraction of sp³-hybridized carbons (Fsp3) is 0.409. The molecule has 2 aromatic rings. The molecular formula is C22H29NO4. The zero-order valence-corrected chi connectivity index (χ0v) is 15.7. The molecule has 0 aromatic heterocycles. The molecule has 2 aromatic carbocycles. The molecule has 0 aliphatic rings. The van der Waals surface area contributed by atoms with E-state index < -0.39 is 5.97 Å². The molecule has 2 N–H and O–H groups in total. The van der Waals surface area contributed by atoms with Crippen LogP contribution in [0.4, 0.5) is 0 Å². The van der Waals surface area contributed by atoms with Crippen LogP contribution in [0.5, 0.6) is 5.75 Å². The number of carboxylic acid groups (broad SMARTS) is 1. The fourth-order valence-electron chi connectivity index (χ4n) is 2.64. The van der Waals surface area contributed by atoms with Gasteiger partial charge < -0.3 is 19.9 Å². The summed E-state index contributed by atoms with van der Waals surface area (Å²) in [6, 6.07) is 18.3. The van der Waals surface area contributed by atoms with Gasteiger partial charge in [0.15, 0.2) is 0 Å². The molecule has 0 aliphatic carbocycles. The molecule has 0 amide bonds. The number of carbonyl (C=O) groups is 1. The minimum Gasteiger partial charge on any atom is -0.493 e. The van der Waals surface area contributed by atoms with E-state index in [1.54, 1.807) is 0 Å². The molecule has 0 spiro atoms. The molecule has 0 radical (unpaired) electrons. The largest absolute Gasteiger partial charge is 0.493 e. The summed E-state index contributed by atoms with van der Waals surface area (Å²) in [5, 5.41) is 11.7. The van der Waals surface area contributed by atoms with Crippen molar-refractivity contribution in [2.75, 3.05) is 26.3 Å². The minimum absolute atomic E-state index is 0.165. The minimum atomic E-state index is -0.766. The van der Waals surface area contributed by atoms with E-state index in [2.05, 4.69) is 29.6 Å². The van der Waals surface area contributed by atoms with Crippen LogP contribution in [-0.2, 0) is 22.6 Å². The van der Waals surface area contributed by atoms with Crippen molar-refractivity contribution < 1.29 is 19.4 Å². The molecule has 0 atom stereocenters. The normalized spacial score (nSPS) is 10.7. The van der Waals surface area contributed by atoms with Crippen molar-refractivity contribution in [1.82, 2.24) is 5.32 Å². The quantitative estimate of drug-likeness (QED) is 0.496. The van der Waals surface area contributed by atoms with Crippen LogP contribution in [0.1, 0.15) is 30.4 Å². The lowest BCUT2D eigenvalue weighted by Gasteiger charge is -2.09. The van der Waals surface area contributed by atoms with Gasteiger partial charge in [0.25, 0.3) is 0 Å². The smallest absolute Gasteiger partial charge is 0.304 e. The highest BCUT2D eigenvalue weighted by molar-refractivity contribution is 5.66. The van der Waals surface area contributed by atoms with Gasteiger partial charge >= 0.3 is 5.97 Å². The van der Waals surface area contributed by atoms with Gasteiger partial charge in [-0.25, -0.2) is 0 Å². The molecule has 0 heterocycles. The Morgan fingerprint density at radius 3 is 2.56 bits per heavy atom. The molecule has 5 nitrogen and oxygen atoms in total. The first kappa shape index (κ1) is 20.9. The Labute approximate surface area is 161 Å². The Kier molecular flexibility index (Phi) is 10.0.